The van der Waals surface area contributed by atoms with E-state index >= 15 is 0 Å². The summed E-state index contributed by atoms with van der Waals surface area (Å²) in [6, 6.07) is 10.6. The largest absolute Gasteiger partial charge is 0.354 e. The van der Waals surface area contributed by atoms with Crippen LogP contribution in [0.5, 0.6) is 0 Å². The first kappa shape index (κ1) is 25.4. The molecule has 1 aromatic heterocycles. The summed E-state index contributed by atoms with van der Waals surface area (Å²) in [6.07, 6.45) is 2.79. The number of carbonyl (C=O) groups excluding carboxylic acids is 1. The normalized spacial score (nSPS) is 22.5. The minimum absolute atomic E-state index is 0.0529. The molecule has 3 heterocycles. The lowest BCUT2D eigenvalue weighted by Crippen LogP contribution is -2.57. The average molecular weight is 481 g/mol. The molecule has 8 nitrogen and oxygen atoms in total. The van der Waals surface area contributed by atoms with Gasteiger partial charge in [0.05, 0.1) is 11.2 Å². The van der Waals surface area contributed by atoms with Gasteiger partial charge in [-0.05, 0) is 62.8 Å². The maximum atomic E-state index is 12.8. The number of amides is 1. The lowest BCUT2D eigenvalue weighted by atomic mass is 10.0. The first-order valence-electron chi connectivity index (χ1n) is 12.8. The Kier molecular flexibility index (Phi) is 7.33. The fourth-order valence-corrected chi connectivity index (χ4v) is 5.11. The van der Waals surface area contributed by atoms with Crippen molar-refractivity contribution in [1.29, 1.82) is 0 Å². The van der Waals surface area contributed by atoms with Gasteiger partial charge in [-0.15, -0.1) is 0 Å². The van der Waals surface area contributed by atoms with Crippen molar-refractivity contribution >= 4 is 11.7 Å². The van der Waals surface area contributed by atoms with E-state index in [-0.39, 0.29) is 11.6 Å². The van der Waals surface area contributed by atoms with Gasteiger partial charge in [0.15, 0.2) is 0 Å². The Hall–Kier alpha value is -2.71. The van der Waals surface area contributed by atoms with Crippen LogP contribution in [0.1, 0.15) is 40.2 Å². The van der Waals surface area contributed by atoms with Gasteiger partial charge in [-0.3, -0.25) is 14.3 Å². The number of hydrogen-bond donors (Lipinski definition) is 1. The lowest BCUT2D eigenvalue weighted by molar-refractivity contribution is -0.136. The fourth-order valence-electron chi connectivity index (χ4n) is 5.11. The Morgan fingerprint density at radius 3 is 2.20 bits per heavy atom. The monoisotopic (exact) mass is 480 g/mol. The summed E-state index contributed by atoms with van der Waals surface area (Å²) in [5, 5.41) is 0. The molecule has 0 aliphatic carbocycles. The molecule has 2 aliphatic rings. The summed E-state index contributed by atoms with van der Waals surface area (Å²) in [4.78, 5) is 36.0. The van der Waals surface area contributed by atoms with E-state index in [1.54, 1.807) is 29.5 Å². The predicted octanol–water partition coefficient (Wildman–Crippen LogP) is 2.14. The lowest BCUT2D eigenvalue weighted by Gasteiger charge is -2.37. The maximum absolute atomic E-state index is 12.8. The van der Waals surface area contributed by atoms with E-state index < -0.39 is 5.54 Å². The molecule has 0 spiro atoms. The topological polar surface area (TPSA) is 87.7 Å². The van der Waals surface area contributed by atoms with Crippen molar-refractivity contribution in [2.45, 2.75) is 52.6 Å². The Bertz CT molecular complexity index is 1070. The minimum Gasteiger partial charge on any atom is -0.353 e. The molecule has 3 unspecified atom stereocenters. The predicted molar refractivity (Wildman–Crippen MR) is 140 cm³/mol. The van der Waals surface area contributed by atoms with E-state index in [0.717, 1.165) is 23.9 Å². The van der Waals surface area contributed by atoms with Crippen molar-refractivity contribution in [3.8, 4) is 5.69 Å². The number of aromatic nitrogens is 2. The third-order valence-electron chi connectivity index (χ3n) is 7.62. The Balaban J connectivity index is 1.37. The highest BCUT2D eigenvalue weighted by molar-refractivity contribution is 5.85. The van der Waals surface area contributed by atoms with E-state index in [2.05, 4.69) is 42.8 Å². The molecule has 3 atom stereocenters. The molecule has 2 aromatic rings. The van der Waals surface area contributed by atoms with E-state index in [4.69, 9.17) is 5.73 Å². The molecule has 2 saturated heterocycles. The first-order valence-corrected chi connectivity index (χ1v) is 12.8. The van der Waals surface area contributed by atoms with Crippen LogP contribution in [0.25, 0.3) is 5.69 Å². The average Bonchev–Trinajstić information content (AvgIpc) is 3.17. The van der Waals surface area contributed by atoms with Gasteiger partial charge in [-0.25, -0.2) is 4.79 Å². The quantitative estimate of drug-likeness (QED) is 0.682. The maximum Gasteiger partial charge on any atom is 0.354 e. The molecule has 1 amide bonds. The molecule has 2 N–H and O–H groups in total. The fraction of sp³-hybridized carbons (Fsp3) is 0.593. The number of nitrogens with zero attached hydrogens (tertiary/aromatic N) is 5. The van der Waals surface area contributed by atoms with Crippen molar-refractivity contribution < 1.29 is 4.79 Å². The van der Waals surface area contributed by atoms with Crippen molar-refractivity contribution in [1.82, 2.24) is 19.4 Å². The van der Waals surface area contributed by atoms with Gasteiger partial charge in [0.25, 0.3) is 0 Å². The number of hydrogen-bond acceptors (Lipinski definition) is 6. The molecule has 2 fully saturated rings. The highest BCUT2D eigenvalue weighted by atomic mass is 16.2. The summed E-state index contributed by atoms with van der Waals surface area (Å²) in [6.45, 7) is 15.2. The van der Waals surface area contributed by atoms with E-state index in [0.29, 0.717) is 38.0 Å². The van der Waals surface area contributed by atoms with Crippen LogP contribution in [-0.4, -0.2) is 76.1 Å². The van der Waals surface area contributed by atoms with Gasteiger partial charge in [-0.2, -0.15) is 4.98 Å². The van der Waals surface area contributed by atoms with Gasteiger partial charge in [0.2, 0.25) is 5.91 Å². The van der Waals surface area contributed by atoms with Gasteiger partial charge in [0, 0.05) is 51.5 Å². The van der Waals surface area contributed by atoms with E-state index in [9.17, 15) is 9.59 Å². The van der Waals surface area contributed by atoms with Gasteiger partial charge in [0.1, 0.15) is 5.82 Å². The summed E-state index contributed by atoms with van der Waals surface area (Å²) in [5.74, 6) is 2.10. The van der Waals surface area contributed by atoms with Crippen molar-refractivity contribution in [2.75, 3.05) is 44.2 Å². The number of benzene rings is 1. The van der Waals surface area contributed by atoms with Gasteiger partial charge in [-0.1, -0.05) is 26.0 Å². The molecule has 0 radical (unpaired) electrons. The van der Waals surface area contributed by atoms with Crippen LogP contribution >= 0.6 is 0 Å². The number of anilines is 1. The van der Waals surface area contributed by atoms with Gasteiger partial charge < -0.3 is 15.5 Å². The second-order valence-corrected chi connectivity index (χ2v) is 11.1. The molecule has 0 saturated carbocycles. The van der Waals surface area contributed by atoms with Crippen molar-refractivity contribution in [2.24, 2.45) is 17.6 Å². The molecule has 2 aliphatic heterocycles. The van der Waals surface area contributed by atoms with Crippen LogP contribution in [0.2, 0.25) is 0 Å². The van der Waals surface area contributed by atoms with Crippen LogP contribution in [0.4, 0.5) is 5.82 Å². The molecular weight excluding hydrogens is 440 g/mol. The number of likely N-dealkylation sites (tertiary alicyclic amines) is 1. The van der Waals surface area contributed by atoms with Crippen LogP contribution in [0.3, 0.4) is 0 Å². The molecule has 35 heavy (non-hydrogen) atoms. The highest BCUT2D eigenvalue weighted by Gasteiger charge is 2.31. The summed E-state index contributed by atoms with van der Waals surface area (Å²) >= 11 is 0. The second kappa shape index (κ2) is 10.1. The zero-order valence-electron chi connectivity index (χ0n) is 21.8. The summed E-state index contributed by atoms with van der Waals surface area (Å²) < 4.78 is 1.58. The van der Waals surface area contributed by atoms with Crippen LogP contribution < -0.4 is 16.3 Å². The molecule has 190 valence electrons. The molecule has 1 aromatic carbocycles. The number of nitrogens with two attached hydrogens (primary N) is 1. The number of carbonyl (C=O) groups is 1. The Morgan fingerprint density at radius 2 is 1.66 bits per heavy atom. The van der Waals surface area contributed by atoms with Crippen molar-refractivity contribution in [3.63, 3.8) is 0 Å². The zero-order chi connectivity index (χ0) is 25.3. The Morgan fingerprint density at radius 1 is 1.06 bits per heavy atom. The number of rotatable bonds is 6. The molecule has 0 bridgehead atoms. The van der Waals surface area contributed by atoms with E-state index in [1.165, 1.54) is 18.7 Å². The first-order chi connectivity index (χ1) is 16.5. The zero-order valence-corrected chi connectivity index (χ0v) is 21.8. The smallest absolute Gasteiger partial charge is 0.353 e. The SMILES string of the molecule is CC1CN(C(C)Cc2ccc(-n3ccc(N4CCN(C(=O)C(C)(C)N)CC4)nc3=O)cc2)CC1C. The molecule has 4 rings (SSSR count). The number of piperazine rings is 1. The van der Waals surface area contributed by atoms with Crippen LogP contribution in [0.15, 0.2) is 41.3 Å². The Labute approximate surface area is 208 Å². The van der Waals surface area contributed by atoms with Crippen LogP contribution in [0, 0.1) is 11.8 Å². The third-order valence-corrected chi connectivity index (χ3v) is 7.62. The molecular formula is C27H40N6O2. The molecule has 8 heteroatoms. The van der Waals surface area contributed by atoms with Gasteiger partial charge >= 0.3 is 5.69 Å². The van der Waals surface area contributed by atoms with E-state index in [1.807, 2.05) is 23.1 Å². The summed E-state index contributed by atoms with van der Waals surface area (Å²) in [5.41, 5.74) is 6.87. The summed E-state index contributed by atoms with van der Waals surface area (Å²) in [7, 11) is 0. The third kappa shape index (κ3) is 5.76. The highest BCUT2D eigenvalue weighted by Crippen LogP contribution is 2.25. The standard InChI is InChI=1S/C27H40N6O2/c1-19-17-32(18-20(19)2)21(3)16-22-6-8-23(9-7-22)33-11-10-24(29-26(33)35)30-12-14-31(15-13-30)25(34)27(4,5)28/h6-11,19-21H,12-18,28H2,1-5H3. The van der Waals surface area contributed by atoms with Crippen molar-refractivity contribution in [3.05, 3.63) is 52.6 Å². The second-order valence-electron chi connectivity index (χ2n) is 11.1. The van der Waals surface area contributed by atoms with Crippen LogP contribution in [-0.2, 0) is 11.2 Å². The minimum atomic E-state index is -0.875.